The Morgan fingerprint density at radius 2 is 1.76 bits per heavy atom. The topological polar surface area (TPSA) is 88.0 Å². The third-order valence-electron chi connectivity index (χ3n) is 3.90. The summed E-state index contributed by atoms with van der Waals surface area (Å²) in [7, 11) is 0. The molecule has 6 nitrogen and oxygen atoms in total. The minimum absolute atomic E-state index is 0.248. The molecule has 3 rings (SSSR count). The Morgan fingerprint density at radius 1 is 1.08 bits per heavy atom. The number of pyridine rings is 1. The summed E-state index contributed by atoms with van der Waals surface area (Å²) in [4.78, 5) is 24.2. The Bertz CT molecular complexity index is 893. The van der Waals surface area contributed by atoms with Gasteiger partial charge >= 0.3 is 5.97 Å². The van der Waals surface area contributed by atoms with Gasteiger partial charge in [0.15, 0.2) is 5.82 Å². The highest BCUT2D eigenvalue weighted by atomic mass is 16.4. The number of carboxylic acid groups (broad SMARTS) is 1. The van der Waals surface area contributed by atoms with Gasteiger partial charge < -0.3 is 10.4 Å². The van der Waals surface area contributed by atoms with E-state index in [1.54, 1.807) is 36.7 Å². The van der Waals surface area contributed by atoms with Crippen molar-refractivity contribution in [3.63, 3.8) is 0 Å². The summed E-state index contributed by atoms with van der Waals surface area (Å²) in [6.45, 7) is 4.01. The molecule has 2 heterocycles. The molecule has 0 aliphatic heterocycles. The number of aromatic nitrogens is 3. The number of benzene rings is 1. The molecular formula is C19H18N4O2. The van der Waals surface area contributed by atoms with Gasteiger partial charge in [0.1, 0.15) is 5.82 Å². The molecule has 0 fully saturated rings. The fourth-order valence-corrected chi connectivity index (χ4v) is 2.59. The van der Waals surface area contributed by atoms with Crippen molar-refractivity contribution in [3.05, 3.63) is 65.6 Å². The second-order valence-electron chi connectivity index (χ2n) is 5.56. The van der Waals surface area contributed by atoms with Crippen molar-refractivity contribution < 1.29 is 9.90 Å². The van der Waals surface area contributed by atoms with Crippen molar-refractivity contribution in [2.75, 3.05) is 5.32 Å². The van der Waals surface area contributed by atoms with Crippen molar-refractivity contribution in [3.8, 4) is 11.4 Å². The molecule has 0 spiro atoms. The monoisotopic (exact) mass is 334 g/mol. The molecule has 0 unspecified atom stereocenters. The summed E-state index contributed by atoms with van der Waals surface area (Å²) in [6.07, 6.45) is 4.21. The fraction of sp³-hybridized carbons (Fsp3) is 0.158. The second kappa shape index (κ2) is 7.09. The molecule has 0 aliphatic carbocycles. The van der Waals surface area contributed by atoms with Crippen molar-refractivity contribution >= 4 is 17.5 Å². The quantitative estimate of drug-likeness (QED) is 0.737. The number of hydrogen-bond donors (Lipinski definition) is 2. The van der Waals surface area contributed by atoms with Crippen molar-refractivity contribution in [2.45, 2.75) is 20.3 Å². The van der Waals surface area contributed by atoms with Gasteiger partial charge in [0.25, 0.3) is 0 Å². The van der Waals surface area contributed by atoms with Crippen molar-refractivity contribution in [1.29, 1.82) is 0 Å². The van der Waals surface area contributed by atoms with E-state index in [2.05, 4.69) is 27.2 Å². The lowest BCUT2D eigenvalue weighted by Crippen LogP contribution is -2.05. The molecule has 0 bridgehead atoms. The van der Waals surface area contributed by atoms with Crippen LogP contribution in [0.1, 0.15) is 28.5 Å². The predicted octanol–water partition coefficient (Wildman–Crippen LogP) is 3.85. The Hall–Kier alpha value is -3.28. The number of hydrogen-bond acceptors (Lipinski definition) is 5. The third-order valence-corrected chi connectivity index (χ3v) is 3.90. The lowest BCUT2D eigenvalue weighted by atomic mass is 10.1. The molecule has 3 aromatic rings. The van der Waals surface area contributed by atoms with E-state index in [-0.39, 0.29) is 5.56 Å². The standard InChI is InChI=1S/C19H18N4O2/c1-3-16-12(2)21-17(13-8-10-20-11-9-13)23-18(16)22-15-6-4-14(5-7-15)19(24)25/h4-11H,3H2,1-2H3,(H,24,25)(H,21,22,23). The third kappa shape index (κ3) is 3.63. The zero-order chi connectivity index (χ0) is 17.8. The molecule has 0 radical (unpaired) electrons. The maximum atomic E-state index is 11.0. The van der Waals surface area contributed by atoms with Crippen LogP contribution in [-0.4, -0.2) is 26.0 Å². The first-order valence-electron chi connectivity index (χ1n) is 7.96. The Kier molecular flexibility index (Phi) is 4.70. The lowest BCUT2D eigenvalue weighted by Gasteiger charge is -2.14. The van der Waals surface area contributed by atoms with E-state index >= 15 is 0 Å². The Morgan fingerprint density at radius 3 is 2.36 bits per heavy atom. The van der Waals surface area contributed by atoms with E-state index in [9.17, 15) is 4.79 Å². The normalized spacial score (nSPS) is 10.5. The van der Waals surface area contributed by atoms with Gasteiger partial charge in [0.2, 0.25) is 0 Å². The highest BCUT2D eigenvalue weighted by molar-refractivity contribution is 5.88. The predicted molar refractivity (Wildman–Crippen MR) is 96.1 cm³/mol. The van der Waals surface area contributed by atoms with E-state index in [0.29, 0.717) is 5.82 Å². The summed E-state index contributed by atoms with van der Waals surface area (Å²) in [5.74, 6) is 0.408. The number of nitrogens with one attached hydrogen (secondary N) is 1. The van der Waals surface area contributed by atoms with Gasteiger partial charge in [-0.15, -0.1) is 0 Å². The molecular weight excluding hydrogens is 316 g/mol. The van der Waals surface area contributed by atoms with Crippen LogP contribution in [0.2, 0.25) is 0 Å². The van der Waals surface area contributed by atoms with Crippen LogP contribution in [0.3, 0.4) is 0 Å². The number of rotatable bonds is 5. The average molecular weight is 334 g/mol. The van der Waals surface area contributed by atoms with Gasteiger partial charge in [-0.3, -0.25) is 4.98 Å². The average Bonchev–Trinajstić information content (AvgIpc) is 2.62. The van der Waals surface area contributed by atoms with Crippen LogP contribution < -0.4 is 5.32 Å². The van der Waals surface area contributed by atoms with Crippen LogP contribution in [0, 0.1) is 6.92 Å². The first-order chi connectivity index (χ1) is 12.1. The van der Waals surface area contributed by atoms with Gasteiger partial charge in [-0.05, 0) is 49.7 Å². The van der Waals surface area contributed by atoms with E-state index < -0.39 is 5.97 Å². The minimum Gasteiger partial charge on any atom is -0.478 e. The molecule has 0 saturated carbocycles. The first-order valence-corrected chi connectivity index (χ1v) is 7.96. The van der Waals surface area contributed by atoms with Gasteiger partial charge in [0, 0.05) is 34.9 Å². The zero-order valence-electron chi connectivity index (χ0n) is 14.0. The molecule has 126 valence electrons. The van der Waals surface area contributed by atoms with E-state index in [4.69, 9.17) is 5.11 Å². The SMILES string of the molecule is CCc1c(C)nc(-c2ccncc2)nc1Nc1ccc(C(=O)O)cc1. The number of aromatic carboxylic acids is 1. The molecule has 0 aliphatic rings. The molecule has 0 saturated heterocycles. The smallest absolute Gasteiger partial charge is 0.335 e. The van der Waals surface area contributed by atoms with Crippen LogP contribution in [0.5, 0.6) is 0 Å². The number of carbonyl (C=O) groups is 1. The van der Waals surface area contributed by atoms with Crippen LogP contribution in [0.15, 0.2) is 48.8 Å². The maximum Gasteiger partial charge on any atom is 0.335 e. The van der Waals surface area contributed by atoms with Crippen LogP contribution in [-0.2, 0) is 6.42 Å². The van der Waals surface area contributed by atoms with Crippen LogP contribution >= 0.6 is 0 Å². The molecule has 0 amide bonds. The number of aryl methyl sites for hydroxylation is 1. The molecule has 25 heavy (non-hydrogen) atoms. The summed E-state index contributed by atoms with van der Waals surface area (Å²) in [5, 5.41) is 12.3. The Balaban J connectivity index is 1.99. The minimum atomic E-state index is -0.946. The summed E-state index contributed by atoms with van der Waals surface area (Å²) < 4.78 is 0. The molecule has 0 atom stereocenters. The largest absolute Gasteiger partial charge is 0.478 e. The lowest BCUT2D eigenvalue weighted by molar-refractivity contribution is 0.0697. The van der Waals surface area contributed by atoms with Crippen molar-refractivity contribution in [1.82, 2.24) is 15.0 Å². The van der Waals surface area contributed by atoms with Gasteiger partial charge in [-0.25, -0.2) is 14.8 Å². The number of carboxylic acids is 1. The van der Waals surface area contributed by atoms with E-state index in [1.807, 2.05) is 19.1 Å². The van der Waals surface area contributed by atoms with Gasteiger partial charge in [-0.2, -0.15) is 0 Å². The van der Waals surface area contributed by atoms with Crippen LogP contribution in [0.25, 0.3) is 11.4 Å². The fourth-order valence-electron chi connectivity index (χ4n) is 2.59. The maximum absolute atomic E-state index is 11.0. The zero-order valence-corrected chi connectivity index (χ0v) is 14.0. The molecule has 6 heteroatoms. The number of anilines is 2. The molecule has 2 aromatic heterocycles. The van der Waals surface area contributed by atoms with E-state index in [1.165, 1.54) is 0 Å². The molecule has 2 N–H and O–H groups in total. The highest BCUT2D eigenvalue weighted by Gasteiger charge is 2.12. The van der Waals surface area contributed by atoms with Gasteiger partial charge in [-0.1, -0.05) is 6.92 Å². The van der Waals surface area contributed by atoms with Crippen molar-refractivity contribution in [2.24, 2.45) is 0 Å². The van der Waals surface area contributed by atoms with Crippen LogP contribution in [0.4, 0.5) is 11.5 Å². The Labute approximate surface area is 145 Å². The first kappa shape index (κ1) is 16.6. The van der Waals surface area contributed by atoms with E-state index in [0.717, 1.165) is 34.7 Å². The second-order valence-corrected chi connectivity index (χ2v) is 5.56. The number of nitrogens with zero attached hydrogens (tertiary/aromatic N) is 3. The summed E-state index contributed by atoms with van der Waals surface area (Å²) in [5.41, 5.74) is 3.86. The molecule has 1 aromatic carbocycles. The summed E-state index contributed by atoms with van der Waals surface area (Å²) in [6, 6.07) is 10.3. The van der Waals surface area contributed by atoms with Gasteiger partial charge in [0.05, 0.1) is 5.56 Å². The summed E-state index contributed by atoms with van der Waals surface area (Å²) >= 11 is 0. The highest BCUT2D eigenvalue weighted by Crippen LogP contribution is 2.25.